The van der Waals surface area contributed by atoms with Crippen LogP contribution in [0, 0.1) is 17.8 Å². The Kier molecular flexibility index (Phi) is 1.44. The molecule has 0 N–H and O–H groups in total. The molecule has 4 rings (SSSR count). The number of ether oxygens (including phenoxy) is 1. The van der Waals surface area contributed by atoms with Gasteiger partial charge in [0.15, 0.2) is 0 Å². The zero-order valence-electron chi connectivity index (χ0n) is 8.84. The number of aromatic nitrogens is 1. The molecule has 2 heteroatoms. The van der Waals surface area contributed by atoms with Gasteiger partial charge in [-0.2, -0.15) is 0 Å². The van der Waals surface area contributed by atoms with Gasteiger partial charge in [-0.3, -0.25) is 4.98 Å². The maximum Gasteiger partial charge on any atom is 0.0682 e. The topological polar surface area (TPSA) is 22.1 Å². The van der Waals surface area contributed by atoms with E-state index in [0.717, 1.165) is 17.8 Å². The van der Waals surface area contributed by atoms with E-state index in [9.17, 15) is 0 Å². The van der Waals surface area contributed by atoms with E-state index in [1.165, 1.54) is 12.0 Å². The summed E-state index contributed by atoms with van der Waals surface area (Å²) in [6.07, 6.45) is 6.11. The Labute approximate surface area is 89.7 Å². The normalized spacial score (nSPS) is 50.5. The smallest absolute Gasteiger partial charge is 0.0682 e. The molecule has 0 spiro atoms. The number of rotatable bonds is 1. The van der Waals surface area contributed by atoms with Crippen LogP contribution >= 0.6 is 0 Å². The summed E-state index contributed by atoms with van der Waals surface area (Å²) in [7, 11) is 0. The second-order valence-electron chi connectivity index (χ2n) is 5.28. The average molecular weight is 201 g/mol. The van der Waals surface area contributed by atoms with E-state index in [1.807, 2.05) is 12.4 Å². The van der Waals surface area contributed by atoms with E-state index in [0.29, 0.717) is 18.1 Å². The molecule has 6 atom stereocenters. The molecule has 3 heterocycles. The lowest BCUT2D eigenvalue weighted by atomic mass is 9.84. The van der Waals surface area contributed by atoms with Gasteiger partial charge in [-0.15, -0.1) is 0 Å². The predicted octanol–water partition coefficient (Wildman–Crippen LogP) is 2.22. The zero-order chi connectivity index (χ0) is 9.99. The third-order valence-corrected chi connectivity index (χ3v) is 4.68. The van der Waals surface area contributed by atoms with Gasteiger partial charge in [0.2, 0.25) is 0 Å². The molecule has 2 saturated heterocycles. The van der Waals surface area contributed by atoms with Gasteiger partial charge in [0.1, 0.15) is 0 Å². The van der Waals surface area contributed by atoms with Gasteiger partial charge in [0, 0.05) is 18.3 Å². The highest BCUT2D eigenvalue weighted by molar-refractivity contribution is 5.26. The molecule has 2 nitrogen and oxygen atoms in total. The standard InChI is InChI=1S/C13H15NO/c1-7-11-10-6-9(13(15-10)12(7)11)8-2-4-14-5-3-8/h2-5,7,9-13H,6H2,1H3. The quantitative estimate of drug-likeness (QED) is 0.695. The fraction of sp³-hybridized carbons (Fsp3) is 0.615. The monoisotopic (exact) mass is 201 g/mol. The molecule has 0 radical (unpaired) electrons. The van der Waals surface area contributed by atoms with Crippen molar-refractivity contribution in [3.05, 3.63) is 30.1 Å². The van der Waals surface area contributed by atoms with Crippen LogP contribution in [0.15, 0.2) is 24.5 Å². The van der Waals surface area contributed by atoms with E-state index in [2.05, 4.69) is 24.0 Å². The van der Waals surface area contributed by atoms with E-state index in [1.54, 1.807) is 0 Å². The van der Waals surface area contributed by atoms with Crippen LogP contribution in [0.2, 0.25) is 0 Å². The summed E-state index contributed by atoms with van der Waals surface area (Å²) in [5.74, 6) is 3.32. The van der Waals surface area contributed by atoms with Crippen LogP contribution in [0.25, 0.3) is 0 Å². The first-order chi connectivity index (χ1) is 7.36. The number of fused-ring (bicyclic) bond motifs is 5. The first-order valence-electron chi connectivity index (χ1n) is 5.91. The summed E-state index contributed by atoms with van der Waals surface area (Å²) in [5, 5.41) is 0. The third-order valence-electron chi connectivity index (χ3n) is 4.68. The Morgan fingerprint density at radius 1 is 1.27 bits per heavy atom. The van der Waals surface area contributed by atoms with Gasteiger partial charge >= 0.3 is 0 Å². The van der Waals surface area contributed by atoms with E-state index < -0.39 is 0 Å². The molecular formula is C13H15NO. The fourth-order valence-electron chi connectivity index (χ4n) is 3.91. The first kappa shape index (κ1) is 8.28. The van der Waals surface area contributed by atoms with Gasteiger partial charge in [0.25, 0.3) is 0 Å². The molecule has 1 aromatic rings. The van der Waals surface area contributed by atoms with Crippen LogP contribution in [0.1, 0.15) is 24.8 Å². The molecule has 0 aromatic carbocycles. The third kappa shape index (κ3) is 0.957. The molecule has 1 aliphatic carbocycles. The van der Waals surface area contributed by atoms with Gasteiger partial charge in [-0.05, 0) is 41.9 Å². The maximum atomic E-state index is 6.05. The Balaban J connectivity index is 1.67. The largest absolute Gasteiger partial charge is 0.374 e. The number of pyridine rings is 1. The molecule has 78 valence electrons. The Morgan fingerprint density at radius 2 is 2.07 bits per heavy atom. The molecule has 6 unspecified atom stereocenters. The average Bonchev–Trinajstić information content (AvgIpc) is 2.70. The van der Waals surface area contributed by atoms with Crippen LogP contribution in [-0.2, 0) is 4.74 Å². The van der Waals surface area contributed by atoms with Crippen molar-refractivity contribution in [2.24, 2.45) is 17.8 Å². The van der Waals surface area contributed by atoms with Crippen molar-refractivity contribution in [2.45, 2.75) is 31.5 Å². The van der Waals surface area contributed by atoms with Crippen molar-refractivity contribution < 1.29 is 4.74 Å². The second kappa shape index (κ2) is 2.62. The van der Waals surface area contributed by atoms with Gasteiger partial charge < -0.3 is 4.74 Å². The van der Waals surface area contributed by atoms with E-state index in [-0.39, 0.29) is 0 Å². The van der Waals surface area contributed by atoms with E-state index >= 15 is 0 Å². The lowest BCUT2D eigenvalue weighted by molar-refractivity contribution is 0.0584. The molecular weight excluding hydrogens is 186 g/mol. The summed E-state index contributed by atoms with van der Waals surface area (Å²) in [6, 6.07) is 4.30. The Morgan fingerprint density at radius 3 is 2.80 bits per heavy atom. The summed E-state index contributed by atoms with van der Waals surface area (Å²) in [4.78, 5) is 4.08. The molecule has 0 amide bonds. The van der Waals surface area contributed by atoms with Gasteiger partial charge in [-0.25, -0.2) is 0 Å². The molecule has 1 aromatic heterocycles. The highest BCUT2D eigenvalue weighted by atomic mass is 16.5. The van der Waals surface area contributed by atoms with Crippen LogP contribution in [0.5, 0.6) is 0 Å². The van der Waals surface area contributed by atoms with Crippen LogP contribution in [0.4, 0.5) is 0 Å². The molecule has 2 aliphatic heterocycles. The zero-order valence-corrected chi connectivity index (χ0v) is 8.84. The van der Waals surface area contributed by atoms with Crippen LogP contribution < -0.4 is 0 Å². The molecule has 1 saturated carbocycles. The molecule has 3 fully saturated rings. The Hall–Kier alpha value is -0.890. The second-order valence-corrected chi connectivity index (χ2v) is 5.28. The highest BCUT2D eigenvalue weighted by Gasteiger charge is 2.67. The fourth-order valence-corrected chi connectivity index (χ4v) is 3.91. The minimum absolute atomic E-state index is 0.511. The summed E-state index contributed by atoms with van der Waals surface area (Å²) in [6.45, 7) is 2.38. The van der Waals surface area contributed by atoms with Crippen LogP contribution in [-0.4, -0.2) is 17.2 Å². The molecule has 2 bridgehead atoms. The van der Waals surface area contributed by atoms with E-state index in [4.69, 9.17) is 4.74 Å². The number of nitrogens with zero attached hydrogens (tertiary/aromatic N) is 1. The van der Waals surface area contributed by atoms with Crippen molar-refractivity contribution in [3.63, 3.8) is 0 Å². The van der Waals surface area contributed by atoms with Gasteiger partial charge in [0.05, 0.1) is 12.2 Å². The van der Waals surface area contributed by atoms with Gasteiger partial charge in [-0.1, -0.05) is 6.92 Å². The minimum Gasteiger partial charge on any atom is -0.374 e. The predicted molar refractivity (Wildman–Crippen MR) is 56.4 cm³/mol. The van der Waals surface area contributed by atoms with Crippen molar-refractivity contribution in [1.29, 1.82) is 0 Å². The first-order valence-corrected chi connectivity index (χ1v) is 5.91. The number of hydrogen-bond acceptors (Lipinski definition) is 2. The Bertz CT molecular complexity index is 389. The van der Waals surface area contributed by atoms with Crippen molar-refractivity contribution in [3.8, 4) is 0 Å². The van der Waals surface area contributed by atoms with Crippen molar-refractivity contribution in [2.75, 3.05) is 0 Å². The summed E-state index contributed by atoms with van der Waals surface area (Å²) in [5.41, 5.74) is 1.43. The lowest BCUT2D eigenvalue weighted by Crippen LogP contribution is -2.17. The number of hydrogen-bond donors (Lipinski definition) is 0. The van der Waals surface area contributed by atoms with Crippen molar-refractivity contribution >= 4 is 0 Å². The van der Waals surface area contributed by atoms with Crippen molar-refractivity contribution in [1.82, 2.24) is 4.98 Å². The lowest BCUT2D eigenvalue weighted by Gasteiger charge is -2.18. The SMILES string of the molecule is CC1C2C3CC(c4ccncc4)C(O3)C12. The highest BCUT2D eigenvalue weighted by Crippen LogP contribution is 2.66. The maximum absolute atomic E-state index is 6.05. The summed E-state index contributed by atoms with van der Waals surface area (Å²) >= 11 is 0. The molecule has 3 aliphatic rings. The molecule has 15 heavy (non-hydrogen) atoms. The minimum atomic E-state index is 0.511. The summed E-state index contributed by atoms with van der Waals surface area (Å²) < 4.78 is 6.05. The van der Waals surface area contributed by atoms with Crippen LogP contribution in [0.3, 0.4) is 0 Å².